The second-order valence-corrected chi connectivity index (χ2v) is 6.58. The average Bonchev–Trinajstić information content (AvgIpc) is 2.34. The molecule has 0 N–H and O–H groups in total. The molecular formula is C16H22O2S. The Morgan fingerprint density at radius 3 is 2.16 bits per heavy atom. The molecule has 19 heavy (non-hydrogen) atoms. The fourth-order valence-corrected chi connectivity index (χ4v) is 2.14. The van der Waals surface area contributed by atoms with E-state index >= 15 is 0 Å². The van der Waals surface area contributed by atoms with Gasteiger partial charge in [-0.25, -0.2) is 4.79 Å². The number of hydrogen-bond acceptors (Lipinski definition) is 3. The van der Waals surface area contributed by atoms with E-state index in [0.29, 0.717) is 5.57 Å². The topological polar surface area (TPSA) is 26.3 Å². The first-order chi connectivity index (χ1) is 8.75. The van der Waals surface area contributed by atoms with Crippen molar-refractivity contribution in [2.24, 2.45) is 5.41 Å². The van der Waals surface area contributed by atoms with E-state index in [1.807, 2.05) is 30.5 Å². The van der Waals surface area contributed by atoms with Crippen LogP contribution in [0.3, 0.4) is 0 Å². The molecule has 0 saturated heterocycles. The second kappa shape index (κ2) is 6.29. The van der Waals surface area contributed by atoms with Crippen LogP contribution in [0.25, 0.3) is 0 Å². The quantitative estimate of drug-likeness (QED) is 0.457. The molecule has 0 spiro atoms. The van der Waals surface area contributed by atoms with Crippen LogP contribution in [0.15, 0.2) is 41.3 Å². The summed E-state index contributed by atoms with van der Waals surface area (Å²) in [5.41, 5.74) is 1.28. The van der Waals surface area contributed by atoms with Gasteiger partial charge in [-0.15, -0.1) is 11.8 Å². The summed E-state index contributed by atoms with van der Waals surface area (Å²) in [6, 6.07) is 8.14. The largest absolute Gasteiger partial charge is 0.454 e. The van der Waals surface area contributed by atoms with Gasteiger partial charge >= 0.3 is 5.97 Å². The van der Waals surface area contributed by atoms with Crippen molar-refractivity contribution in [3.05, 3.63) is 42.0 Å². The molecule has 3 heteroatoms. The molecule has 0 fully saturated rings. The maximum atomic E-state index is 11.8. The number of ether oxygens (including phenoxy) is 1. The van der Waals surface area contributed by atoms with Crippen LogP contribution in [0, 0.1) is 5.41 Å². The Labute approximate surface area is 120 Å². The van der Waals surface area contributed by atoms with Crippen molar-refractivity contribution in [1.29, 1.82) is 0 Å². The third kappa shape index (κ3) is 4.43. The van der Waals surface area contributed by atoms with E-state index in [1.165, 1.54) is 4.90 Å². The molecule has 1 rings (SSSR count). The van der Waals surface area contributed by atoms with Gasteiger partial charge in [-0.2, -0.15) is 0 Å². The van der Waals surface area contributed by atoms with Gasteiger partial charge in [-0.1, -0.05) is 39.5 Å². The molecule has 0 amide bonds. The Morgan fingerprint density at radius 1 is 1.26 bits per heavy atom. The number of rotatable bonds is 4. The molecule has 1 unspecified atom stereocenters. The molecule has 104 valence electrons. The molecule has 0 aliphatic carbocycles. The van der Waals surface area contributed by atoms with Crippen molar-refractivity contribution in [1.82, 2.24) is 0 Å². The summed E-state index contributed by atoms with van der Waals surface area (Å²) in [5, 5.41) is 0. The number of esters is 1. The molecule has 0 aliphatic heterocycles. The number of carbonyl (C=O) groups is 1. The first kappa shape index (κ1) is 15.8. The summed E-state index contributed by atoms with van der Waals surface area (Å²) in [4.78, 5) is 13.0. The molecule has 0 radical (unpaired) electrons. The van der Waals surface area contributed by atoms with Gasteiger partial charge < -0.3 is 4.74 Å². The van der Waals surface area contributed by atoms with Crippen molar-refractivity contribution in [2.75, 3.05) is 6.26 Å². The Hall–Kier alpha value is -1.22. The Morgan fingerprint density at radius 2 is 1.79 bits per heavy atom. The van der Waals surface area contributed by atoms with Crippen molar-refractivity contribution < 1.29 is 9.53 Å². The predicted molar refractivity (Wildman–Crippen MR) is 81.3 cm³/mol. The third-order valence-corrected chi connectivity index (χ3v) is 3.52. The van der Waals surface area contributed by atoms with Crippen LogP contribution >= 0.6 is 11.8 Å². The molecule has 0 heterocycles. The lowest BCUT2D eigenvalue weighted by Gasteiger charge is -2.30. The van der Waals surface area contributed by atoms with E-state index in [4.69, 9.17) is 4.74 Å². The van der Waals surface area contributed by atoms with Gasteiger partial charge in [0.05, 0.1) is 0 Å². The zero-order valence-corrected chi connectivity index (χ0v) is 13.1. The van der Waals surface area contributed by atoms with Crippen LogP contribution in [0.1, 0.15) is 39.4 Å². The molecule has 1 aromatic rings. The molecule has 0 saturated carbocycles. The Bertz CT molecular complexity index is 455. The van der Waals surface area contributed by atoms with Gasteiger partial charge in [0.2, 0.25) is 0 Å². The van der Waals surface area contributed by atoms with Gasteiger partial charge in [0, 0.05) is 15.9 Å². The van der Waals surface area contributed by atoms with Gasteiger partial charge in [0.1, 0.15) is 6.10 Å². The highest BCUT2D eigenvalue weighted by Gasteiger charge is 2.30. The van der Waals surface area contributed by atoms with E-state index in [1.54, 1.807) is 18.7 Å². The fourth-order valence-electron chi connectivity index (χ4n) is 1.73. The van der Waals surface area contributed by atoms with Crippen molar-refractivity contribution in [3.8, 4) is 0 Å². The summed E-state index contributed by atoms with van der Waals surface area (Å²) in [5.74, 6) is -0.339. The lowest BCUT2D eigenvalue weighted by atomic mass is 9.84. The molecule has 1 aromatic carbocycles. The van der Waals surface area contributed by atoms with Crippen LogP contribution in [-0.4, -0.2) is 12.2 Å². The number of benzene rings is 1. The standard InChI is InChI=1S/C16H22O2S/c1-11(2)15(17)18-14(16(3,4)5)12-7-9-13(19-6)10-8-12/h7-10,14H,1H2,2-6H3. The lowest BCUT2D eigenvalue weighted by Crippen LogP contribution is -2.24. The second-order valence-electron chi connectivity index (χ2n) is 5.70. The highest BCUT2D eigenvalue weighted by atomic mass is 32.2. The monoisotopic (exact) mass is 278 g/mol. The normalized spacial score (nSPS) is 12.9. The van der Waals surface area contributed by atoms with Gasteiger partial charge in [0.15, 0.2) is 0 Å². The van der Waals surface area contributed by atoms with Gasteiger partial charge in [-0.3, -0.25) is 0 Å². The van der Waals surface area contributed by atoms with E-state index in [0.717, 1.165) is 5.56 Å². The van der Waals surface area contributed by atoms with Crippen molar-refractivity contribution in [2.45, 2.75) is 38.7 Å². The lowest BCUT2D eigenvalue weighted by molar-refractivity contribution is -0.150. The van der Waals surface area contributed by atoms with E-state index < -0.39 is 0 Å². The maximum Gasteiger partial charge on any atom is 0.333 e. The van der Waals surface area contributed by atoms with Gasteiger partial charge in [0.25, 0.3) is 0 Å². The van der Waals surface area contributed by atoms with E-state index in [2.05, 4.69) is 27.4 Å². The minimum atomic E-state index is -0.339. The Balaban J connectivity index is 3.03. The number of thioether (sulfide) groups is 1. The first-order valence-corrected chi connectivity index (χ1v) is 7.48. The maximum absolute atomic E-state index is 11.8. The zero-order chi connectivity index (χ0) is 14.6. The van der Waals surface area contributed by atoms with Crippen LogP contribution < -0.4 is 0 Å². The average molecular weight is 278 g/mol. The van der Waals surface area contributed by atoms with E-state index in [-0.39, 0.29) is 17.5 Å². The minimum Gasteiger partial charge on any atom is -0.454 e. The highest BCUT2D eigenvalue weighted by molar-refractivity contribution is 7.98. The van der Waals surface area contributed by atoms with Crippen molar-refractivity contribution in [3.63, 3.8) is 0 Å². The summed E-state index contributed by atoms with van der Waals surface area (Å²) >= 11 is 1.69. The van der Waals surface area contributed by atoms with Crippen LogP contribution in [0.2, 0.25) is 0 Å². The smallest absolute Gasteiger partial charge is 0.333 e. The predicted octanol–water partition coefficient (Wildman–Crippen LogP) is 4.62. The van der Waals surface area contributed by atoms with Crippen LogP contribution in [-0.2, 0) is 9.53 Å². The van der Waals surface area contributed by atoms with Crippen LogP contribution in [0.5, 0.6) is 0 Å². The number of carbonyl (C=O) groups excluding carboxylic acids is 1. The molecule has 1 atom stereocenters. The highest BCUT2D eigenvalue weighted by Crippen LogP contribution is 2.37. The SMILES string of the molecule is C=C(C)C(=O)OC(c1ccc(SC)cc1)C(C)(C)C. The van der Waals surface area contributed by atoms with E-state index in [9.17, 15) is 4.79 Å². The molecular weight excluding hydrogens is 256 g/mol. The molecule has 0 bridgehead atoms. The fraction of sp³-hybridized carbons (Fsp3) is 0.438. The summed E-state index contributed by atoms with van der Waals surface area (Å²) in [6.07, 6.45) is 1.77. The Kier molecular flexibility index (Phi) is 5.24. The first-order valence-electron chi connectivity index (χ1n) is 6.26. The van der Waals surface area contributed by atoms with Crippen LogP contribution in [0.4, 0.5) is 0 Å². The zero-order valence-electron chi connectivity index (χ0n) is 12.3. The summed E-state index contributed by atoms with van der Waals surface area (Å²) in [6.45, 7) is 11.5. The minimum absolute atomic E-state index is 0.161. The summed E-state index contributed by atoms with van der Waals surface area (Å²) < 4.78 is 5.59. The summed E-state index contributed by atoms with van der Waals surface area (Å²) in [7, 11) is 0. The number of hydrogen-bond donors (Lipinski definition) is 0. The van der Waals surface area contributed by atoms with Gasteiger partial charge in [-0.05, 0) is 30.9 Å². The molecule has 0 aliphatic rings. The molecule has 2 nitrogen and oxygen atoms in total. The molecule has 0 aromatic heterocycles. The third-order valence-electron chi connectivity index (χ3n) is 2.78. The van der Waals surface area contributed by atoms with Crippen molar-refractivity contribution >= 4 is 17.7 Å².